The monoisotopic (exact) mass is 433 g/mol. The minimum Gasteiger partial charge on any atom is -0.457 e. The van der Waals surface area contributed by atoms with Gasteiger partial charge in [0.05, 0.1) is 11.6 Å². The SMILES string of the molecule is C/C=S(\c1ccc(Oc2cc(F)cc(C#N)c2)c2c1[C@H](O)C(F)(F)C2)C(F)(F)F. The number of halogens is 6. The van der Waals surface area contributed by atoms with Gasteiger partial charge in [-0.15, -0.1) is 0 Å². The Hall–Kier alpha value is -2.51. The quantitative estimate of drug-likeness (QED) is 0.500. The molecule has 0 fully saturated rings. The highest BCUT2D eigenvalue weighted by molar-refractivity contribution is 8.15. The van der Waals surface area contributed by atoms with E-state index in [0.717, 1.165) is 42.6 Å². The van der Waals surface area contributed by atoms with Gasteiger partial charge in [-0.25, -0.2) is 13.2 Å². The number of hydrogen-bond acceptors (Lipinski definition) is 3. The van der Waals surface area contributed by atoms with E-state index in [9.17, 15) is 31.4 Å². The first-order chi connectivity index (χ1) is 13.5. The van der Waals surface area contributed by atoms with Crippen LogP contribution in [0, 0.1) is 17.1 Å². The van der Waals surface area contributed by atoms with Crippen LogP contribution in [-0.2, 0) is 6.42 Å². The Morgan fingerprint density at radius 2 is 1.97 bits per heavy atom. The molecule has 2 atom stereocenters. The maximum absolute atomic E-state index is 14.2. The number of aliphatic hydroxyl groups excluding tert-OH is 1. The van der Waals surface area contributed by atoms with E-state index in [1.54, 1.807) is 6.07 Å². The molecular formula is C19H13F6NO2S. The number of alkyl halides is 5. The molecule has 0 amide bonds. The van der Waals surface area contributed by atoms with Gasteiger partial charge in [0.1, 0.15) is 23.4 Å². The second-order valence-corrected chi connectivity index (χ2v) is 8.25. The first-order valence-corrected chi connectivity index (χ1v) is 9.46. The summed E-state index contributed by atoms with van der Waals surface area (Å²) in [6, 6.07) is 6.76. The minimum absolute atomic E-state index is 0.0853. The van der Waals surface area contributed by atoms with E-state index in [1.807, 2.05) is 0 Å². The molecule has 3 nitrogen and oxygen atoms in total. The average molecular weight is 433 g/mol. The van der Waals surface area contributed by atoms with Crippen molar-refractivity contribution in [2.45, 2.75) is 35.8 Å². The molecule has 2 aromatic carbocycles. The average Bonchev–Trinajstić information content (AvgIpc) is 2.86. The zero-order valence-corrected chi connectivity index (χ0v) is 15.5. The number of rotatable bonds is 3. The molecule has 0 aromatic heterocycles. The van der Waals surface area contributed by atoms with E-state index in [2.05, 4.69) is 0 Å². The number of hydrogen-bond donors (Lipinski definition) is 1. The summed E-state index contributed by atoms with van der Waals surface area (Å²) in [5.74, 6) is -4.92. The van der Waals surface area contributed by atoms with E-state index in [4.69, 9.17) is 10.00 Å². The molecule has 0 saturated heterocycles. The summed E-state index contributed by atoms with van der Waals surface area (Å²) in [5.41, 5.74) is -5.63. The number of benzene rings is 2. The van der Waals surface area contributed by atoms with Crippen molar-refractivity contribution in [1.82, 2.24) is 0 Å². The molecule has 2 aromatic rings. The fourth-order valence-corrected chi connectivity index (χ4v) is 4.59. The summed E-state index contributed by atoms with van der Waals surface area (Å²) in [6.07, 6.45) is -3.47. The summed E-state index contributed by atoms with van der Waals surface area (Å²) in [4.78, 5) is -0.469. The normalized spacial score (nSPS) is 18.9. The van der Waals surface area contributed by atoms with Gasteiger partial charge in [0.25, 0.3) is 5.92 Å². The molecule has 29 heavy (non-hydrogen) atoms. The molecular weight excluding hydrogens is 420 g/mol. The van der Waals surface area contributed by atoms with Crippen molar-refractivity contribution in [1.29, 1.82) is 5.26 Å². The van der Waals surface area contributed by atoms with Crippen LogP contribution in [0.2, 0.25) is 0 Å². The van der Waals surface area contributed by atoms with Gasteiger partial charge < -0.3 is 9.84 Å². The minimum atomic E-state index is -4.72. The van der Waals surface area contributed by atoms with Crippen LogP contribution in [0.1, 0.15) is 29.7 Å². The lowest BCUT2D eigenvalue weighted by atomic mass is 10.1. The Labute approximate surface area is 164 Å². The van der Waals surface area contributed by atoms with Gasteiger partial charge in [-0.1, -0.05) is 15.9 Å². The third kappa shape index (κ3) is 3.97. The molecule has 1 aliphatic carbocycles. The van der Waals surface area contributed by atoms with Crippen molar-refractivity contribution in [3.63, 3.8) is 0 Å². The fraction of sp³-hybridized carbons (Fsp3) is 0.263. The third-order valence-electron chi connectivity index (χ3n) is 4.31. The number of fused-ring (bicyclic) bond motifs is 1. The van der Waals surface area contributed by atoms with Crippen molar-refractivity contribution in [2.24, 2.45) is 0 Å². The molecule has 0 heterocycles. The molecule has 10 heteroatoms. The zero-order valence-electron chi connectivity index (χ0n) is 14.7. The highest BCUT2D eigenvalue weighted by Gasteiger charge is 2.50. The van der Waals surface area contributed by atoms with Gasteiger partial charge in [-0.05, 0) is 31.2 Å². The highest BCUT2D eigenvalue weighted by Crippen LogP contribution is 2.55. The van der Waals surface area contributed by atoms with E-state index in [0.29, 0.717) is 0 Å². The van der Waals surface area contributed by atoms with Gasteiger partial charge >= 0.3 is 5.51 Å². The van der Waals surface area contributed by atoms with Crippen LogP contribution in [0.5, 0.6) is 11.5 Å². The second-order valence-electron chi connectivity index (χ2n) is 6.20. The summed E-state index contributed by atoms with van der Waals surface area (Å²) >= 11 is 0. The number of ether oxygens (including phenoxy) is 1. The first kappa shape index (κ1) is 21.2. The largest absolute Gasteiger partial charge is 0.457 e. The van der Waals surface area contributed by atoms with E-state index in [-0.39, 0.29) is 22.6 Å². The topological polar surface area (TPSA) is 53.2 Å². The molecule has 0 spiro atoms. The second kappa shape index (κ2) is 7.39. The smallest absolute Gasteiger partial charge is 0.440 e. The Morgan fingerprint density at radius 1 is 1.28 bits per heavy atom. The van der Waals surface area contributed by atoms with Crippen LogP contribution >= 0.6 is 10.5 Å². The number of nitrogens with zero attached hydrogens (tertiary/aromatic N) is 1. The summed E-state index contributed by atoms with van der Waals surface area (Å²) in [5, 5.41) is 19.8. The van der Waals surface area contributed by atoms with Crippen LogP contribution in [0.3, 0.4) is 0 Å². The summed E-state index contributed by atoms with van der Waals surface area (Å²) in [7, 11) is -2.49. The maximum atomic E-state index is 14.2. The Morgan fingerprint density at radius 3 is 2.55 bits per heavy atom. The lowest BCUT2D eigenvalue weighted by Gasteiger charge is -2.20. The zero-order chi connectivity index (χ0) is 21.6. The highest BCUT2D eigenvalue weighted by atomic mass is 32.2. The van der Waals surface area contributed by atoms with E-state index in [1.165, 1.54) is 0 Å². The molecule has 1 aliphatic rings. The van der Waals surface area contributed by atoms with Crippen molar-refractivity contribution in [3.05, 3.63) is 52.8 Å². The van der Waals surface area contributed by atoms with Gasteiger partial charge in [-0.2, -0.15) is 18.4 Å². The lowest BCUT2D eigenvalue weighted by Crippen LogP contribution is -2.22. The van der Waals surface area contributed by atoms with Gasteiger partial charge in [0, 0.05) is 28.5 Å². The summed E-state index contributed by atoms with van der Waals surface area (Å²) in [6.45, 7) is 1.16. The molecule has 1 unspecified atom stereocenters. The van der Waals surface area contributed by atoms with Crippen LogP contribution < -0.4 is 4.74 Å². The van der Waals surface area contributed by atoms with Gasteiger partial charge in [0.15, 0.2) is 0 Å². The fourth-order valence-electron chi connectivity index (χ4n) is 3.13. The number of nitriles is 1. The predicted molar refractivity (Wildman–Crippen MR) is 94.9 cm³/mol. The molecule has 0 saturated carbocycles. The first-order valence-electron chi connectivity index (χ1n) is 8.17. The van der Waals surface area contributed by atoms with Crippen molar-refractivity contribution >= 4 is 15.9 Å². The Balaban J connectivity index is 2.16. The Kier molecular flexibility index (Phi) is 5.40. The van der Waals surface area contributed by atoms with Gasteiger partial charge in [-0.3, -0.25) is 0 Å². The molecule has 1 N–H and O–H groups in total. The van der Waals surface area contributed by atoms with Crippen LogP contribution in [0.25, 0.3) is 0 Å². The molecule has 0 aliphatic heterocycles. The summed E-state index contributed by atoms with van der Waals surface area (Å²) < 4.78 is 87.5. The molecule has 154 valence electrons. The van der Waals surface area contributed by atoms with Crippen molar-refractivity contribution in [2.75, 3.05) is 0 Å². The Bertz CT molecular complexity index is 1040. The molecule has 0 bridgehead atoms. The van der Waals surface area contributed by atoms with Crippen molar-refractivity contribution < 1.29 is 36.2 Å². The molecule has 0 radical (unpaired) electrons. The van der Waals surface area contributed by atoms with E-state index < -0.39 is 50.7 Å². The van der Waals surface area contributed by atoms with Crippen LogP contribution in [0.4, 0.5) is 26.3 Å². The van der Waals surface area contributed by atoms with Crippen LogP contribution in [-0.4, -0.2) is 21.9 Å². The standard InChI is InChI=1S/C19H13F6NO2S/c1-2-29(19(23,24)25)15-4-3-14(13-8-18(21,22)17(27)16(13)15)28-12-6-10(9-26)5-11(20)7-12/h2-7,17,27H,8H2,1H3/t17-,29?/m0/s1. The van der Waals surface area contributed by atoms with Gasteiger partial charge in [0.2, 0.25) is 0 Å². The van der Waals surface area contributed by atoms with E-state index >= 15 is 0 Å². The third-order valence-corrected chi connectivity index (χ3v) is 6.11. The number of aliphatic hydroxyl groups is 1. The van der Waals surface area contributed by atoms with Crippen molar-refractivity contribution in [3.8, 4) is 17.6 Å². The molecule has 3 rings (SSSR count). The predicted octanol–water partition coefficient (Wildman–Crippen LogP) is 5.68. The van der Waals surface area contributed by atoms with Crippen LogP contribution in [0.15, 0.2) is 35.2 Å². The maximum Gasteiger partial charge on any atom is 0.440 e. The lowest BCUT2D eigenvalue weighted by molar-refractivity contribution is -0.0977.